The van der Waals surface area contributed by atoms with Gasteiger partial charge in [-0.25, -0.2) is 13.1 Å². The highest BCUT2D eigenvalue weighted by Crippen LogP contribution is 2.36. The summed E-state index contributed by atoms with van der Waals surface area (Å²) in [4.78, 5) is 7.41. The van der Waals surface area contributed by atoms with Crippen molar-refractivity contribution in [2.45, 2.75) is 23.8 Å². The second-order valence-electron chi connectivity index (χ2n) is 8.56. The van der Waals surface area contributed by atoms with E-state index in [2.05, 4.69) is 40.6 Å². The molecule has 0 aliphatic carbocycles. The number of nitrogens with zero attached hydrogens (tertiary/aromatic N) is 3. The third-order valence-electron chi connectivity index (χ3n) is 6.12. The van der Waals surface area contributed by atoms with Crippen LogP contribution in [-0.2, 0) is 10.0 Å². The zero-order chi connectivity index (χ0) is 20.3. The number of halogens is 1. The summed E-state index contributed by atoms with van der Waals surface area (Å²) in [5.41, 5.74) is 0. The molecule has 0 spiro atoms. The minimum atomic E-state index is -3.49. The van der Waals surface area contributed by atoms with Crippen molar-refractivity contribution in [2.24, 2.45) is 11.8 Å². The van der Waals surface area contributed by atoms with Crippen molar-refractivity contribution in [3.63, 3.8) is 0 Å². The second-order valence-corrected chi connectivity index (χ2v) is 10.8. The molecule has 6 nitrogen and oxygen atoms in total. The number of sulfonamides is 1. The Hall–Kier alpha value is -0.700. The maximum absolute atomic E-state index is 12.5. The topological polar surface area (TPSA) is 55.9 Å². The summed E-state index contributed by atoms with van der Waals surface area (Å²) in [6, 6.07) is 6.62. The molecule has 3 aliphatic heterocycles. The molecule has 0 aromatic heterocycles. The van der Waals surface area contributed by atoms with Crippen molar-refractivity contribution in [2.75, 3.05) is 60.4 Å². The van der Waals surface area contributed by atoms with Gasteiger partial charge in [-0.05, 0) is 76.6 Å². The Labute approximate surface area is 174 Å². The van der Waals surface area contributed by atoms with Crippen LogP contribution in [0, 0.1) is 11.8 Å². The van der Waals surface area contributed by atoms with Crippen LogP contribution in [0.5, 0.6) is 0 Å². The molecule has 1 unspecified atom stereocenters. The lowest BCUT2D eigenvalue weighted by Crippen LogP contribution is -2.58. The zero-order valence-corrected chi connectivity index (χ0v) is 18.7. The monoisotopic (exact) mass is 428 g/mol. The van der Waals surface area contributed by atoms with E-state index in [0.717, 1.165) is 39.1 Å². The van der Waals surface area contributed by atoms with Gasteiger partial charge in [-0.2, -0.15) is 0 Å². The van der Waals surface area contributed by atoms with Crippen LogP contribution >= 0.6 is 11.6 Å². The number of likely N-dealkylation sites (N-methyl/N-ethyl adjacent to an activating group) is 2. The SMILES string of the molecule is CN(C)CCN(C)C[C@@H]1CN2CC[C@H]1C[C@@H]2CNS(=O)(=O)c1ccc(Cl)cc1. The van der Waals surface area contributed by atoms with Crippen molar-refractivity contribution in [1.29, 1.82) is 0 Å². The van der Waals surface area contributed by atoms with Gasteiger partial charge >= 0.3 is 0 Å². The molecule has 3 fully saturated rings. The predicted octanol–water partition coefficient (Wildman–Crippen LogP) is 1.82. The largest absolute Gasteiger partial charge is 0.308 e. The van der Waals surface area contributed by atoms with Gasteiger partial charge in [0.05, 0.1) is 4.90 Å². The Morgan fingerprint density at radius 3 is 2.50 bits per heavy atom. The summed E-state index contributed by atoms with van der Waals surface area (Å²) in [5, 5.41) is 0.538. The molecule has 3 saturated heterocycles. The fourth-order valence-corrected chi connectivity index (χ4v) is 5.63. The quantitative estimate of drug-likeness (QED) is 0.650. The van der Waals surface area contributed by atoms with E-state index in [1.165, 1.54) is 6.42 Å². The molecule has 1 aromatic rings. The van der Waals surface area contributed by atoms with Crippen LogP contribution in [0.4, 0.5) is 0 Å². The smallest absolute Gasteiger partial charge is 0.240 e. The van der Waals surface area contributed by atoms with E-state index < -0.39 is 10.0 Å². The second kappa shape index (κ2) is 9.41. The molecule has 4 atom stereocenters. The highest BCUT2D eigenvalue weighted by molar-refractivity contribution is 7.89. The molecule has 0 amide bonds. The van der Waals surface area contributed by atoms with Crippen molar-refractivity contribution in [1.82, 2.24) is 19.4 Å². The maximum Gasteiger partial charge on any atom is 0.240 e. The average Bonchev–Trinajstić information content (AvgIpc) is 2.66. The Bertz CT molecular complexity index is 741. The molecule has 0 saturated carbocycles. The summed E-state index contributed by atoms with van der Waals surface area (Å²) in [5.74, 6) is 1.38. The number of hydrogen-bond acceptors (Lipinski definition) is 5. The van der Waals surface area contributed by atoms with E-state index in [1.54, 1.807) is 24.3 Å². The zero-order valence-electron chi connectivity index (χ0n) is 17.1. The van der Waals surface area contributed by atoms with E-state index in [9.17, 15) is 8.42 Å². The molecule has 3 heterocycles. The first-order valence-corrected chi connectivity index (χ1v) is 11.9. The van der Waals surface area contributed by atoms with Gasteiger partial charge in [-0.15, -0.1) is 0 Å². The number of hydrogen-bond donors (Lipinski definition) is 1. The van der Waals surface area contributed by atoms with Crippen LogP contribution in [0.1, 0.15) is 12.8 Å². The molecule has 0 radical (unpaired) electrons. The van der Waals surface area contributed by atoms with E-state index in [-0.39, 0.29) is 4.90 Å². The van der Waals surface area contributed by atoms with E-state index in [1.807, 2.05) is 0 Å². The van der Waals surface area contributed by atoms with E-state index in [0.29, 0.717) is 29.4 Å². The Morgan fingerprint density at radius 1 is 1.18 bits per heavy atom. The molecular weight excluding hydrogens is 396 g/mol. The molecule has 158 valence electrons. The maximum atomic E-state index is 12.5. The summed E-state index contributed by atoms with van der Waals surface area (Å²) in [6.45, 7) is 5.91. The molecule has 3 aliphatic rings. The first-order valence-electron chi connectivity index (χ1n) is 10.1. The molecule has 1 aromatic carbocycles. The van der Waals surface area contributed by atoms with Crippen molar-refractivity contribution in [3.05, 3.63) is 29.3 Å². The van der Waals surface area contributed by atoms with Gasteiger partial charge in [0, 0.05) is 43.8 Å². The molecule has 4 rings (SSSR count). The van der Waals surface area contributed by atoms with Crippen LogP contribution < -0.4 is 4.72 Å². The van der Waals surface area contributed by atoms with Gasteiger partial charge < -0.3 is 9.80 Å². The van der Waals surface area contributed by atoms with Gasteiger partial charge in [0.1, 0.15) is 0 Å². The van der Waals surface area contributed by atoms with E-state index >= 15 is 0 Å². The van der Waals surface area contributed by atoms with E-state index in [4.69, 9.17) is 11.6 Å². The standard InChI is InChI=1S/C20H33ClN4O2S/c1-23(2)10-11-24(3)14-17-15-25-9-8-16(17)12-19(25)13-22-28(26,27)20-6-4-18(21)5-7-20/h4-7,16-17,19,22H,8-15H2,1-3H3/t16-,17+,19+/m0/s1. The van der Waals surface area contributed by atoms with Crippen molar-refractivity contribution >= 4 is 21.6 Å². The van der Waals surface area contributed by atoms with Crippen molar-refractivity contribution < 1.29 is 8.42 Å². The van der Waals surface area contributed by atoms with Gasteiger partial charge in [0.2, 0.25) is 10.0 Å². The molecule has 1 N–H and O–H groups in total. The predicted molar refractivity (Wildman–Crippen MR) is 114 cm³/mol. The number of nitrogens with one attached hydrogen (secondary N) is 1. The Kier molecular flexibility index (Phi) is 7.39. The summed E-state index contributed by atoms with van der Waals surface area (Å²) >= 11 is 5.86. The molecule has 28 heavy (non-hydrogen) atoms. The van der Waals surface area contributed by atoms with Gasteiger partial charge in [0.25, 0.3) is 0 Å². The highest BCUT2D eigenvalue weighted by atomic mass is 35.5. The van der Waals surface area contributed by atoms with Crippen LogP contribution in [0.2, 0.25) is 5.02 Å². The average molecular weight is 429 g/mol. The normalized spacial score (nSPS) is 27.6. The van der Waals surface area contributed by atoms with Crippen LogP contribution in [-0.4, -0.2) is 89.6 Å². The first kappa shape index (κ1) is 22.0. The van der Waals surface area contributed by atoms with Gasteiger partial charge in [-0.3, -0.25) is 4.90 Å². The Morgan fingerprint density at radius 2 is 1.89 bits per heavy atom. The van der Waals surface area contributed by atoms with Crippen LogP contribution in [0.3, 0.4) is 0 Å². The number of benzene rings is 1. The van der Waals surface area contributed by atoms with Gasteiger partial charge in [0.15, 0.2) is 0 Å². The minimum Gasteiger partial charge on any atom is -0.308 e. The number of rotatable bonds is 9. The molecular formula is C20H33ClN4O2S. The number of fused-ring (bicyclic) bond motifs is 3. The third kappa shape index (κ3) is 5.68. The molecule has 8 heteroatoms. The third-order valence-corrected chi connectivity index (χ3v) is 7.81. The summed E-state index contributed by atoms with van der Waals surface area (Å²) in [7, 11) is 2.94. The lowest BCUT2D eigenvalue weighted by molar-refractivity contribution is -0.00782. The Balaban J connectivity index is 1.51. The summed E-state index contributed by atoms with van der Waals surface area (Å²) < 4.78 is 27.9. The lowest BCUT2D eigenvalue weighted by atomic mass is 9.75. The van der Waals surface area contributed by atoms with Crippen molar-refractivity contribution in [3.8, 4) is 0 Å². The lowest BCUT2D eigenvalue weighted by Gasteiger charge is -2.50. The first-order chi connectivity index (χ1) is 13.2. The van der Waals surface area contributed by atoms with Gasteiger partial charge in [-0.1, -0.05) is 11.6 Å². The highest BCUT2D eigenvalue weighted by Gasteiger charge is 2.40. The fraction of sp³-hybridized carbons (Fsp3) is 0.700. The molecule has 2 bridgehead atoms. The minimum absolute atomic E-state index is 0.272. The number of piperidine rings is 3. The van der Waals surface area contributed by atoms with Crippen LogP contribution in [0.25, 0.3) is 0 Å². The fourth-order valence-electron chi connectivity index (χ4n) is 4.43. The van der Waals surface area contributed by atoms with Crippen LogP contribution in [0.15, 0.2) is 29.2 Å². The summed E-state index contributed by atoms with van der Waals surface area (Å²) in [6.07, 6.45) is 2.31.